The highest BCUT2D eigenvalue weighted by atomic mass is 32.1. The lowest BCUT2D eigenvalue weighted by Crippen LogP contribution is -2.35. The number of nitro benzene ring substituents is 1. The molecule has 5 aromatic rings. The number of hydrogen-bond donors (Lipinski definition) is 1. The van der Waals surface area contributed by atoms with E-state index in [4.69, 9.17) is 19.2 Å². The number of thiazole rings is 1. The predicted octanol–water partition coefficient (Wildman–Crippen LogP) is 5.65. The van der Waals surface area contributed by atoms with Crippen LogP contribution in [0.4, 0.5) is 5.69 Å². The third-order valence-corrected chi connectivity index (χ3v) is 8.87. The van der Waals surface area contributed by atoms with Crippen LogP contribution >= 0.6 is 11.3 Å². The maximum Gasteiger partial charge on any atom is 0.338 e. The number of carbonyl (C=O) groups excluding carboxylic acids is 1. The van der Waals surface area contributed by atoms with Crippen LogP contribution < -0.4 is 24.4 Å². The molecule has 2 heterocycles. The van der Waals surface area contributed by atoms with E-state index in [1.807, 2.05) is 54.6 Å². The van der Waals surface area contributed by atoms with Crippen LogP contribution in [0.1, 0.15) is 43.5 Å². The molecule has 0 spiro atoms. The number of nitrogens with zero attached hydrogens (tertiary/aromatic N) is 3. The summed E-state index contributed by atoms with van der Waals surface area (Å²) < 4.78 is 18.8. The number of phenols is 1. The molecule has 1 atom stereocenters. The van der Waals surface area contributed by atoms with Crippen LogP contribution in [0.25, 0.3) is 22.5 Å². The Bertz CT molecular complexity index is 2270. The van der Waals surface area contributed by atoms with Gasteiger partial charge in [-0.3, -0.25) is 19.5 Å². The molecule has 11 nitrogen and oxygen atoms in total. The number of aromatic hydroxyl groups is 1. The summed E-state index contributed by atoms with van der Waals surface area (Å²) in [6.45, 7) is 5.42. The molecule has 1 aromatic heterocycles. The molecule has 0 saturated heterocycles. The number of phenolic OH excluding ortho intramolecular Hbond substituents is 1. The van der Waals surface area contributed by atoms with Crippen molar-refractivity contribution in [3.05, 3.63) is 131 Å². The van der Waals surface area contributed by atoms with Gasteiger partial charge < -0.3 is 19.3 Å². The summed E-state index contributed by atoms with van der Waals surface area (Å²) in [6, 6.07) is 21.7. The maximum atomic E-state index is 13.9. The Balaban J connectivity index is 1.55. The summed E-state index contributed by atoms with van der Waals surface area (Å²) in [5, 5.41) is 24.9. The number of aromatic nitrogens is 1. The number of benzene rings is 4. The van der Waals surface area contributed by atoms with E-state index >= 15 is 0 Å². The van der Waals surface area contributed by atoms with Gasteiger partial charge in [-0.25, -0.2) is 9.79 Å². The molecule has 1 aliphatic heterocycles. The Labute approximate surface area is 278 Å². The summed E-state index contributed by atoms with van der Waals surface area (Å²) in [5.41, 5.74) is 0.786. The highest BCUT2D eigenvalue weighted by Crippen LogP contribution is 2.43. The molecule has 4 aromatic carbocycles. The first-order valence-corrected chi connectivity index (χ1v) is 16.1. The van der Waals surface area contributed by atoms with Crippen molar-refractivity contribution in [2.45, 2.75) is 33.4 Å². The molecular formula is C36H31N3O8S. The quantitative estimate of drug-likeness (QED) is 0.115. The second kappa shape index (κ2) is 13.5. The van der Waals surface area contributed by atoms with Gasteiger partial charge in [-0.2, -0.15) is 0 Å². The van der Waals surface area contributed by atoms with Gasteiger partial charge in [0.05, 0.1) is 39.9 Å². The van der Waals surface area contributed by atoms with Gasteiger partial charge in [0.25, 0.3) is 11.2 Å². The van der Waals surface area contributed by atoms with Crippen molar-refractivity contribution < 1.29 is 29.0 Å². The van der Waals surface area contributed by atoms with Gasteiger partial charge >= 0.3 is 5.97 Å². The molecule has 6 rings (SSSR count). The number of ether oxygens (including phenoxy) is 3. The predicted molar refractivity (Wildman–Crippen MR) is 182 cm³/mol. The monoisotopic (exact) mass is 665 g/mol. The van der Waals surface area contributed by atoms with Crippen LogP contribution in [-0.2, 0) is 16.1 Å². The molecule has 1 N–H and O–H groups in total. The summed E-state index contributed by atoms with van der Waals surface area (Å²) in [5.74, 6) is -0.376. The summed E-state index contributed by atoms with van der Waals surface area (Å²) in [7, 11) is 0. The topological polar surface area (TPSA) is 142 Å². The standard InChI is InChI=1S/C36H31N3O8S/c1-4-45-29-17-26(27(39(43)44)19-30(29)47-20-22-11-7-6-8-12-22)33-32(35(42)46-5-2)21(3)38-34(41)31(48-36(38)37-33)18-25-24-14-10-9-13-23(24)15-16-28(25)40/h6-19,33,40H,4-5,20H2,1-3H3/b31-18-/t33-/m1/s1. The highest BCUT2D eigenvalue weighted by Gasteiger charge is 2.36. The first kappa shape index (κ1) is 32.2. The van der Waals surface area contributed by atoms with Gasteiger partial charge in [0, 0.05) is 11.3 Å². The Kier molecular flexibility index (Phi) is 9.08. The molecule has 12 heteroatoms. The zero-order chi connectivity index (χ0) is 33.9. The molecule has 0 bridgehead atoms. The van der Waals surface area contributed by atoms with Gasteiger partial charge in [0.15, 0.2) is 16.3 Å². The molecule has 48 heavy (non-hydrogen) atoms. The average Bonchev–Trinajstić information content (AvgIpc) is 3.40. The largest absolute Gasteiger partial charge is 0.507 e. The van der Waals surface area contributed by atoms with Crippen LogP contribution in [0.3, 0.4) is 0 Å². The van der Waals surface area contributed by atoms with E-state index in [1.54, 1.807) is 39.0 Å². The number of nitro groups is 1. The van der Waals surface area contributed by atoms with Gasteiger partial charge in [0.1, 0.15) is 18.4 Å². The van der Waals surface area contributed by atoms with E-state index in [9.17, 15) is 24.8 Å². The van der Waals surface area contributed by atoms with Crippen LogP contribution in [0.5, 0.6) is 17.2 Å². The number of esters is 1. The van der Waals surface area contributed by atoms with E-state index in [0.717, 1.165) is 27.7 Å². The minimum Gasteiger partial charge on any atom is -0.507 e. The van der Waals surface area contributed by atoms with Crippen molar-refractivity contribution in [3.63, 3.8) is 0 Å². The van der Waals surface area contributed by atoms with Gasteiger partial charge in [-0.1, -0.05) is 72.0 Å². The van der Waals surface area contributed by atoms with E-state index in [-0.39, 0.29) is 68.9 Å². The third-order valence-electron chi connectivity index (χ3n) is 7.88. The van der Waals surface area contributed by atoms with E-state index in [1.165, 1.54) is 16.7 Å². The van der Waals surface area contributed by atoms with E-state index < -0.39 is 22.5 Å². The molecule has 244 valence electrons. The number of carbonyl (C=O) groups is 1. The first-order valence-electron chi connectivity index (χ1n) is 15.2. The van der Waals surface area contributed by atoms with Crippen LogP contribution in [0.15, 0.2) is 94.2 Å². The lowest BCUT2D eigenvalue weighted by Gasteiger charge is -2.23. The lowest BCUT2D eigenvalue weighted by molar-refractivity contribution is -0.385. The fourth-order valence-electron chi connectivity index (χ4n) is 5.67. The molecule has 0 unspecified atom stereocenters. The summed E-state index contributed by atoms with van der Waals surface area (Å²) in [4.78, 5) is 44.3. The van der Waals surface area contributed by atoms with Crippen molar-refractivity contribution in [3.8, 4) is 17.2 Å². The zero-order valence-corrected chi connectivity index (χ0v) is 27.2. The normalized spacial score (nSPS) is 14.4. The molecule has 0 amide bonds. The fourth-order valence-corrected chi connectivity index (χ4v) is 6.69. The van der Waals surface area contributed by atoms with Gasteiger partial charge in [0.2, 0.25) is 0 Å². The maximum absolute atomic E-state index is 13.9. The van der Waals surface area contributed by atoms with Crippen LogP contribution in [0.2, 0.25) is 0 Å². The second-order valence-corrected chi connectivity index (χ2v) is 11.8. The fraction of sp³-hybridized carbons (Fsp3) is 0.194. The highest BCUT2D eigenvalue weighted by molar-refractivity contribution is 7.07. The minimum absolute atomic E-state index is 0.00702. The Hall–Kier alpha value is -5.75. The van der Waals surface area contributed by atoms with Crippen molar-refractivity contribution in [2.24, 2.45) is 4.99 Å². The molecule has 0 fully saturated rings. The minimum atomic E-state index is -1.20. The molecule has 0 saturated carbocycles. The molecule has 1 aliphatic rings. The average molecular weight is 666 g/mol. The van der Waals surface area contributed by atoms with Crippen LogP contribution in [0, 0.1) is 10.1 Å². The number of hydrogen-bond acceptors (Lipinski definition) is 10. The lowest BCUT2D eigenvalue weighted by atomic mass is 9.94. The smallest absolute Gasteiger partial charge is 0.338 e. The second-order valence-electron chi connectivity index (χ2n) is 10.8. The van der Waals surface area contributed by atoms with Crippen LogP contribution in [-0.4, -0.2) is 33.8 Å². The van der Waals surface area contributed by atoms with Gasteiger partial charge in [-0.15, -0.1) is 0 Å². The zero-order valence-electron chi connectivity index (χ0n) is 26.3. The number of allylic oxidation sites excluding steroid dienone is 1. The van der Waals surface area contributed by atoms with E-state index in [0.29, 0.717) is 5.56 Å². The Morgan fingerprint density at radius 1 is 1.02 bits per heavy atom. The SMILES string of the molecule is CCOC(=O)C1=C(C)n2c(s/c(=C\c3c(O)ccc4ccccc34)c2=O)=N[C@@H]1c1cc(OCC)c(OCc2ccccc2)cc1[N+](=O)[O-]. The van der Waals surface area contributed by atoms with Gasteiger partial charge in [-0.05, 0) is 55.3 Å². The number of fused-ring (bicyclic) bond motifs is 2. The molecule has 0 radical (unpaired) electrons. The summed E-state index contributed by atoms with van der Waals surface area (Å²) in [6.07, 6.45) is 1.59. The van der Waals surface area contributed by atoms with Crippen molar-refractivity contribution in [1.29, 1.82) is 0 Å². The van der Waals surface area contributed by atoms with Crippen molar-refractivity contribution in [1.82, 2.24) is 4.57 Å². The molecular weight excluding hydrogens is 634 g/mol. The molecule has 0 aliphatic carbocycles. The Morgan fingerprint density at radius 2 is 1.75 bits per heavy atom. The Morgan fingerprint density at radius 3 is 2.48 bits per heavy atom. The van der Waals surface area contributed by atoms with E-state index in [2.05, 4.69) is 0 Å². The third kappa shape index (κ3) is 6.05. The number of rotatable bonds is 10. The van der Waals surface area contributed by atoms with Crippen molar-refractivity contribution in [2.75, 3.05) is 13.2 Å². The summed E-state index contributed by atoms with van der Waals surface area (Å²) >= 11 is 1.05. The first-order chi connectivity index (χ1) is 23.2. The van der Waals surface area contributed by atoms with Crippen molar-refractivity contribution >= 4 is 45.5 Å².